The third-order valence-corrected chi connectivity index (χ3v) is 5.84. The van der Waals surface area contributed by atoms with Crippen LogP contribution in [0.1, 0.15) is 27.0 Å². The number of aromatic nitrogens is 3. The van der Waals surface area contributed by atoms with Crippen molar-refractivity contribution in [3.63, 3.8) is 0 Å². The van der Waals surface area contributed by atoms with Gasteiger partial charge >= 0.3 is 0 Å². The van der Waals surface area contributed by atoms with Gasteiger partial charge in [0, 0.05) is 21.3 Å². The molecule has 7 nitrogen and oxygen atoms in total. The molecule has 0 fully saturated rings. The molecule has 5 N–H and O–H groups in total. The molecule has 1 amide bonds. The minimum Gasteiger partial charge on any atom is -0.495 e. The molecule has 2 heterocycles. The Balaban J connectivity index is 1.88. The normalized spacial score (nSPS) is 10.5. The Hall–Kier alpha value is -3.80. The van der Waals surface area contributed by atoms with Gasteiger partial charge < -0.3 is 21.2 Å². The third-order valence-electron chi connectivity index (χ3n) is 5.11. The lowest BCUT2D eigenvalue weighted by Crippen LogP contribution is -2.11. The summed E-state index contributed by atoms with van der Waals surface area (Å²) < 4.78 is 6.26. The Labute approximate surface area is 209 Å². The molecule has 0 radical (unpaired) electrons. The molecule has 0 aliphatic heterocycles. The summed E-state index contributed by atoms with van der Waals surface area (Å²) in [5.41, 5.74) is 16.2. The SMILES string of the molecule is COc1ccc(Br)cc1C#Cc1cnc(N)nc1-c1cc(C(N)=O)c(-c2cc(Cl)ccc2C)[nH]1. The van der Waals surface area contributed by atoms with E-state index < -0.39 is 5.91 Å². The number of hydrogen-bond donors (Lipinski definition) is 3. The maximum Gasteiger partial charge on any atom is 0.250 e. The number of carbonyl (C=O) groups excluding carboxylic acids is 1. The molecule has 0 saturated heterocycles. The fourth-order valence-corrected chi connectivity index (χ4v) is 3.99. The second-order valence-corrected chi connectivity index (χ2v) is 8.73. The van der Waals surface area contributed by atoms with Gasteiger partial charge in [0.15, 0.2) is 0 Å². The highest BCUT2D eigenvalue weighted by Crippen LogP contribution is 2.33. The summed E-state index contributed by atoms with van der Waals surface area (Å²) in [5.74, 6) is 6.28. The smallest absolute Gasteiger partial charge is 0.250 e. The molecule has 2 aromatic heterocycles. The van der Waals surface area contributed by atoms with Crippen LogP contribution in [0.3, 0.4) is 0 Å². The average molecular weight is 537 g/mol. The number of nitrogens with one attached hydrogen (secondary N) is 1. The van der Waals surface area contributed by atoms with Gasteiger partial charge in [0.05, 0.1) is 35.2 Å². The predicted octanol–water partition coefficient (Wildman–Crippen LogP) is 4.95. The monoisotopic (exact) mass is 535 g/mol. The van der Waals surface area contributed by atoms with E-state index >= 15 is 0 Å². The fourth-order valence-electron chi connectivity index (χ4n) is 3.46. The largest absolute Gasteiger partial charge is 0.495 e. The fraction of sp³-hybridized carbons (Fsp3) is 0.0800. The van der Waals surface area contributed by atoms with Crippen LogP contribution in [0.15, 0.2) is 53.1 Å². The highest BCUT2D eigenvalue weighted by Gasteiger charge is 2.19. The maximum absolute atomic E-state index is 12.3. The molecule has 170 valence electrons. The molecule has 0 spiro atoms. The molecule has 0 aliphatic rings. The molecular weight excluding hydrogens is 518 g/mol. The standard InChI is InChI=1S/C25H19BrClN5O2/c1-13-3-7-17(27)10-18(13)23-19(24(28)33)11-20(31-23)22-15(12-30-25(29)32-22)5-4-14-9-16(26)6-8-21(14)34-2/h3,6-12,31H,1-2H3,(H2,28,33)(H2,29,30,32). The number of benzene rings is 2. The van der Waals surface area contributed by atoms with Crippen molar-refractivity contribution >= 4 is 39.4 Å². The first kappa shape index (κ1) is 23.4. The summed E-state index contributed by atoms with van der Waals surface area (Å²) in [6, 6.07) is 12.6. The number of H-pyrrole nitrogens is 1. The van der Waals surface area contributed by atoms with Gasteiger partial charge in [0.2, 0.25) is 5.95 Å². The van der Waals surface area contributed by atoms with E-state index in [0.717, 1.165) is 15.6 Å². The number of primary amides is 1. The Morgan fingerprint density at radius 2 is 1.91 bits per heavy atom. The quantitative estimate of drug-likeness (QED) is 0.319. The number of amides is 1. The van der Waals surface area contributed by atoms with Gasteiger partial charge in [-0.25, -0.2) is 9.97 Å². The Morgan fingerprint density at radius 1 is 1.15 bits per heavy atom. The van der Waals surface area contributed by atoms with Gasteiger partial charge in [-0.1, -0.05) is 45.4 Å². The lowest BCUT2D eigenvalue weighted by Gasteiger charge is -2.07. The first-order valence-corrected chi connectivity index (χ1v) is 11.2. The van der Waals surface area contributed by atoms with E-state index in [1.165, 1.54) is 6.20 Å². The molecule has 0 aliphatic carbocycles. The third kappa shape index (κ3) is 4.76. The number of ether oxygens (including phenoxy) is 1. The zero-order valence-electron chi connectivity index (χ0n) is 18.2. The molecule has 34 heavy (non-hydrogen) atoms. The molecular formula is C25H19BrClN5O2. The van der Waals surface area contributed by atoms with E-state index in [2.05, 4.69) is 42.7 Å². The second-order valence-electron chi connectivity index (χ2n) is 7.38. The molecule has 0 saturated carbocycles. The number of carbonyl (C=O) groups is 1. The second kappa shape index (κ2) is 9.59. The van der Waals surface area contributed by atoms with Crippen molar-refractivity contribution in [3.05, 3.63) is 80.4 Å². The van der Waals surface area contributed by atoms with Crippen LogP contribution in [-0.4, -0.2) is 28.0 Å². The minimum atomic E-state index is -0.592. The summed E-state index contributed by atoms with van der Waals surface area (Å²) in [6.07, 6.45) is 1.53. The Kier molecular flexibility index (Phi) is 6.59. The average Bonchev–Trinajstić information content (AvgIpc) is 3.25. The van der Waals surface area contributed by atoms with Crippen molar-refractivity contribution in [1.29, 1.82) is 0 Å². The summed E-state index contributed by atoms with van der Waals surface area (Å²) >= 11 is 9.65. The summed E-state index contributed by atoms with van der Waals surface area (Å²) in [4.78, 5) is 24.0. The number of methoxy groups -OCH3 is 1. The van der Waals surface area contributed by atoms with E-state index in [0.29, 0.717) is 44.5 Å². The molecule has 4 aromatic rings. The van der Waals surface area contributed by atoms with Crippen LogP contribution in [-0.2, 0) is 0 Å². The lowest BCUT2D eigenvalue weighted by molar-refractivity contribution is 0.100. The van der Waals surface area contributed by atoms with Gasteiger partial charge in [0.1, 0.15) is 11.4 Å². The van der Waals surface area contributed by atoms with Crippen LogP contribution in [0.4, 0.5) is 5.95 Å². The van der Waals surface area contributed by atoms with E-state index in [9.17, 15) is 4.79 Å². The number of anilines is 1. The van der Waals surface area contributed by atoms with E-state index in [1.54, 1.807) is 25.3 Å². The van der Waals surface area contributed by atoms with Crippen molar-refractivity contribution in [1.82, 2.24) is 15.0 Å². The summed E-state index contributed by atoms with van der Waals surface area (Å²) in [5, 5.41) is 0.535. The number of nitrogens with zero attached hydrogens (tertiary/aromatic N) is 2. The predicted molar refractivity (Wildman–Crippen MR) is 137 cm³/mol. The topological polar surface area (TPSA) is 120 Å². The van der Waals surface area contributed by atoms with Gasteiger partial charge in [-0.3, -0.25) is 4.79 Å². The van der Waals surface area contributed by atoms with Crippen LogP contribution in [0.25, 0.3) is 22.6 Å². The van der Waals surface area contributed by atoms with Crippen molar-refractivity contribution in [3.8, 4) is 40.2 Å². The zero-order chi connectivity index (χ0) is 24.4. The van der Waals surface area contributed by atoms with Crippen molar-refractivity contribution in [2.75, 3.05) is 12.8 Å². The Morgan fingerprint density at radius 3 is 2.65 bits per heavy atom. The number of aryl methyl sites for hydroxylation is 1. The lowest BCUT2D eigenvalue weighted by atomic mass is 10.0. The molecule has 9 heteroatoms. The molecule has 2 aromatic carbocycles. The van der Waals surface area contributed by atoms with Crippen molar-refractivity contribution in [2.24, 2.45) is 5.73 Å². The zero-order valence-corrected chi connectivity index (χ0v) is 20.6. The summed E-state index contributed by atoms with van der Waals surface area (Å²) in [7, 11) is 1.58. The molecule has 4 rings (SSSR count). The molecule has 0 atom stereocenters. The highest BCUT2D eigenvalue weighted by atomic mass is 79.9. The van der Waals surface area contributed by atoms with E-state index in [-0.39, 0.29) is 5.95 Å². The van der Waals surface area contributed by atoms with E-state index in [1.807, 2.05) is 31.2 Å². The number of nitrogen functional groups attached to an aromatic ring is 1. The highest BCUT2D eigenvalue weighted by molar-refractivity contribution is 9.10. The van der Waals surface area contributed by atoms with Crippen LogP contribution in [0.5, 0.6) is 5.75 Å². The van der Waals surface area contributed by atoms with E-state index in [4.69, 9.17) is 27.8 Å². The minimum absolute atomic E-state index is 0.0660. The molecule has 0 unspecified atom stereocenters. The Bertz CT molecular complexity index is 1490. The van der Waals surface area contributed by atoms with Gasteiger partial charge in [0.25, 0.3) is 5.91 Å². The van der Waals surface area contributed by atoms with Crippen LogP contribution in [0.2, 0.25) is 5.02 Å². The van der Waals surface area contributed by atoms with Gasteiger partial charge in [-0.2, -0.15) is 0 Å². The molecule has 0 bridgehead atoms. The van der Waals surface area contributed by atoms with Gasteiger partial charge in [-0.15, -0.1) is 0 Å². The first-order chi connectivity index (χ1) is 16.3. The number of halogens is 2. The van der Waals surface area contributed by atoms with Crippen LogP contribution >= 0.6 is 27.5 Å². The van der Waals surface area contributed by atoms with Gasteiger partial charge in [-0.05, 0) is 48.9 Å². The summed E-state index contributed by atoms with van der Waals surface area (Å²) in [6.45, 7) is 1.92. The van der Waals surface area contributed by atoms with Crippen molar-refractivity contribution in [2.45, 2.75) is 6.92 Å². The van der Waals surface area contributed by atoms with Crippen LogP contribution < -0.4 is 16.2 Å². The first-order valence-electron chi connectivity index (χ1n) is 10.0. The number of hydrogen-bond acceptors (Lipinski definition) is 5. The number of rotatable bonds is 4. The van der Waals surface area contributed by atoms with Crippen LogP contribution in [0, 0.1) is 18.8 Å². The maximum atomic E-state index is 12.3. The number of nitrogens with two attached hydrogens (primary N) is 2. The number of aromatic amines is 1. The van der Waals surface area contributed by atoms with Crippen molar-refractivity contribution < 1.29 is 9.53 Å².